The van der Waals surface area contributed by atoms with Crippen molar-refractivity contribution in [2.45, 2.75) is 51.6 Å². The second-order valence-electron chi connectivity index (χ2n) is 7.56. The Bertz CT molecular complexity index is 477. The minimum absolute atomic E-state index is 0.170. The van der Waals surface area contributed by atoms with Crippen molar-refractivity contribution < 1.29 is 19.4 Å². The SMILES string of the molecule is C=CC(=O)OC1(C(C)C)C2CC3CC1CC(C(=O)O)(C3)C2. The molecule has 0 amide bonds. The Morgan fingerprint density at radius 3 is 2.24 bits per heavy atom. The molecular formula is C17H24O4. The van der Waals surface area contributed by atoms with Crippen LogP contribution in [0.25, 0.3) is 0 Å². The van der Waals surface area contributed by atoms with Crippen LogP contribution in [0.15, 0.2) is 12.7 Å². The van der Waals surface area contributed by atoms with Crippen LogP contribution in [0.2, 0.25) is 0 Å². The Kier molecular flexibility index (Phi) is 3.19. The maximum absolute atomic E-state index is 11.9. The molecule has 4 aliphatic carbocycles. The Hall–Kier alpha value is -1.32. The van der Waals surface area contributed by atoms with Gasteiger partial charge < -0.3 is 9.84 Å². The lowest BCUT2D eigenvalue weighted by molar-refractivity contribution is -0.239. The Morgan fingerprint density at radius 1 is 1.24 bits per heavy atom. The topological polar surface area (TPSA) is 63.6 Å². The van der Waals surface area contributed by atoms with E-state index in [0.29, 0.717) is 18.8 Å². The van der Waals surface area contributed by atoms with Crippen molar-refractivity contribution in [1.29, 1.82) is 0 Å². The van der Waals surface area contributed by atoms with E-state index in [1.54, 1.807) is 0 Å². The fourth-order valence-corrected chi connectivity index (χ4v) is 5.71. The van der Waals surface area contributed by atoms with Gasteiger partial charge in [0.05, 0.1) is 5.41 Å². The largest absolute Gasteiger partial charge is 0.481 e. The average molecular weight is 292 g/mol. The average Bonchev–Trinajstić information content (AvgIpc) is 2.41. The molecule has 1 N–H and O–H groups in total. The predicted molar refractivity (Wildman–Crippen MR) is 77.5 cm³/mol. The first-order valence-electron chi connectivity index (χ1n) is 7.93. The van der Waals surface area contributed by atoms with Crippen molar-refractivity contribution in [3.05, 3.63) is 12.7 Å². The Labute approximate surface area is 125 Å². The second-order valence-corrected chi connectivity index (χ2v) is 7.56. The zero-order valence-electron chi connectivity index (χ0n) is 12.8. The highest BCUT2D eigenvalue weighted by atomic mass is 16.6. The van der Waals surface area contributed by atoms with Crippen LogP contribution >= 0.6 is 0 Å². The Morgan fingerprint density at radius 2 is 1.81 bits per heavy atom. The maximum Gasteiger partial charge on any atom is 0.330 e. The minimum Gasteiger partial charge on any atom is -0.481 e. The van der Waals surface area contributed by atoms with E-state index >= 15 is 0 Å². The molecule has 2 atom stereocenters. The molecule has 116 valence electrons. The van der Waals surface area contributed by atoms with Crippen LogP contribution < -0.4 is 0 Å². The van der Waals surface area contributed by atoms with Gasteiger partial charge in [-0.25, -0.2) is 4.79 Å². The van der Waals surface area contributed by atoms with E-state index in [-0.39, 0.29) is 23.7 Å². The molecule has 0 aliphatic heterocycles. The van der Waals surface area contributed by atoms with Crippen LogP contribution in [0.3, 0.4) is 0 Å². The molecule has 21 heavy (non-hydrogen) atoms. The number of hydrogen-bond donors (Lipinski definition) is 1. The quantitative estimate of drug-likeness (QED) is 0.639. The van der Waals surface area contributed by atoms with Gasteiger partial charge in [-0.1, -0.05) is 20.4 Å². The van der Waals surface area contributed by atoms with Crippen LogP contribution in [0.5, 0.6) is 0 Å². The molecule has 0 aromatic carbocycles. The number of aliphatic carboxylic acids is 1. The molecule has 0 spiro atoms. The van der Waals surface area contributed by atoms with Crippen molar-refractivity contribution >= 4 is 11.9 Å². The van der Waals surface area contributed by atoms with E-state index in [1.807, 2.05) is 0 Å². The van der Waals surface area contributed by atoms with Crippen LogP contribution in [0.1, 0.15) is 46.0 Å². The summed E-state index contributed by atoms with van der Waals surface area (Å²) < 4.78 is 5.90. The highest BCUT2D eigenvalue weighted by molar-refractivity contribution is 5.82. The molecule has 0 aromatic rings. The van der Waals surface area contributed by atoms with Gasteiger partial charge in [0.15, 0.2) is 0 Å². The number of carbonyl (C=O) groups is 2. The van der Waals surface area contributed by atoms with E-state index in [2.05, 4.69) is 20.4 Å². The summed E-state index contributed by atoms with van der Waals surface area (Å²) in [5.41, 5.74) is -1.07. The molecule has 4 nitrogen and oxygen atoms in total. The molecule has 0 radical (unpaired) electrons. The van der Waals surface area contributed by atoms with E-state index in [9.17, 15) is 14.7 Å². The summed E-state index contributed by atoms with van der Waals surface area (Å²) in [4.78, 5) is 23.7. The number of hydrogen-bond acceptors (Lipinski definition) is 3. The Balaban J connectivity index is 1.99. The van der Waals surface area contributed by atoms with Crippen LogP contribution in [0.4, 0.5) is 0 Å². The molecule has 0 heterocycles. The van der Waals surface area contributed by atoms with Gasteiger partial charge in [0.25, 0.3) is 0 Å². The van der Waals surface area contributed by atoms with Gasteiger partial charge in [-0.3, -0.25) is 4.79 Å². The van der Waals surface area contributed by atoms with Gasteiger partial charge in [-0.2, -0.15) is 0 Å². The third kappa shape index (κ3) is 1.87. The van der Waals surface area contributed by atoms with Gasteiger partial charge in [0.2, 0.25) is 0 Å². The summed E-state index contributed by atoms with van der Waals surface area (Å²) >= 11 is 0. The molecule has 4 fully saturated rings. The first kappa shape index (κ1) is 14.6. The molecule has 0 aromatic heterocycles. The zero-order valence-corrected chi connectivity index (χ0v) is 12.8. The first-order chi connectivity index (χ1) is 9.84. The van der Waals surface area contributed by atoms with Gasteiger partial charge in [-0.15, -0.1) is 0 Å². The third-order valence-corrected chi connectivity index (χ3v) is 6.27. The number of carboxylic acids is 1. The smallest absolute Gasteiger partial charge is 0.330 e. The summed E-state index contributed by atoms with van der Waals surface area (Å²) in [6.45, 7) is 7.69. The predicted octanol–water partition coefficient (Wildman–Crippen LogP) is 3.02. The number of ether oxygens (including phenoxy) is 1. The van der Waals surface area contributed by atoms with Gasteiger partial charge in [0, 0.05) is 17.9 Å². The second kappa shape index (κ2) is 4.59. The van der Waals surface area contributed by atoms with Crippen molar-refractivity contribution in [3.63, 3.8) is 0 Å². The highest BCUT2D eigenvalue weighted by Gasteiger charge is 2.67. The standard InChI is InChI=1S/C17H24O4/c1-4-14(18)21-17(10(2)3)12-5-11-6-13(17)9-16(7-11,8-12)15(19)20/h4,10-13H,1,5-9H2,2-3H3,(H,19,20). The lowest BCUT2D eigenvalue weighted by atomic mass is 9.43. The van der Waals surface area contributed by atoms with Crippen molar-refractivity contribution in [2.24, 2.45) is 29.1 Å². The van der Waals surface area contributed by atoms with Gasteiger partial charge in [-0.05, 0) is 43.9 Å². The van der Waals surface area contributed by atoms with Crippen LogP contribution in [-0.4, -0.2) is 22.6 Å². The summed E-state index contributed by atoms with van der Waals surface area (Å²) in [7, 11) is 0. The van der Waals surface area contributed by atoms with Crippen molar-refractivity contribution in [1.82, 2.24) is 0 Å². The molecule has 2 unspecified atom stereocenters. The van der Waals surface area contributed by atoms with Crippen LogP contribution in [-0.2, 0) is 14.3 Å². The summed E-state index contributed by atoms with van der Waals surface area (Å²) in [6, 6.07) is 0. The fourth-order valence-electron chi connectivity index (χ4n) is 5.71. The van der Waals surface area contributed by atoms with Gasteiger partial charge in [0.1, 0.15) is 5.60 Å². The number of esters is 1. The first-order valence-corrected chi connectivity index (χ1v) is 7.93. The zero-order chi connectivity index (χ0) is 15.4. The minimum atomic E-state index is -0.658. The molecule has 4 aliphatic rings. The van der Waals surface area contributed by atoms with E-state index in [0.717, 1.165) is 19.3 Å². The lowest BCUT2D eigenvalue weighted by Gasteiger charge is -2.64. The summed E-state index contributed by atoms with van der Waals surface area (Å²) in [5, 5.41) is 9.69. The van der Waals surface area contributed by atoms with Gasteiger partial charge >= 0.3 is 11.9 Å². The van der Waals surface area contributed by atoms with E-state index in [4.69, 9.17) is 4.74 Å². The molecule has 4 saturated carbocycles. The lowest BCUT2D eigenvalue weighted by Crippen LogP contribution is -2.66. The molecule has 4 heteroatoms. The number of carbonyl (C=O) groups excluding carboxylic acids is 1. The number of carboxylic acid groups (broad SMARTS) is 1. The van der Waals surface area contributed by atoms with E-state index in [1.165, 1.54) is 6.08 Å². The maximum atomic E-state index is 11.9. The summed E-state index contributed by atoms with van der Waals surface area (Å²) in [5.74, 6) is -0.0162. The number of rotatable bonds is 4. The fraction of sp³-hybridized carbons (Fsp3) is 0.765. The van der Waals surface area contributed by atoms with E-state index < -0.39 is 17.0 Å². The van der Waals surface area contributed by atoms with Crippen molar-refractivity contribution in [2.75, 3.05) is 0 Å². The normalized spacial score (nSPS) is 43.9. The monoisotopic (exact) mass is 292 g/mol. The molecule has 4 rings (SSSR count). The third-order valence-electron chi connectivity index (χ3n) is 6.27. The molecular weight excluding hydrogens is 268 g/mol. The molecule has 4 bridgehead atoms. The summed E-state index contributed by atoms with van der Waals surface area (Å²) in [6.07, 6.45) is 5.32. The van der Waals surface area contributed by atoms with Crippen LogP contribution in [0, 0.1) is 29.1 Å². The highest BCUT2D eigenvalue weighted by Crippen LogP contribution is 2.66. The molecule has 0 saturated heterocycles. The van der Waals surface area contributed by atoms with Crippen molar-refractivity contribution in [3.8, 4) is 0 Å².